The molecule has 0 aromatic heterocycles. The van der Waals surface area contributed by atoms with Crippen molar-refractivity contribution in [2.45, 2.75) is 32.2 Å². The maximum atomic E-state index is 3.99. The second kappa shape index (κ2) is 2.88. The van der Waals surface area contributed by atoms with Gasteiger partial charge in [-0.3, -0.25) is 0 Å². The third-order valence-electron chi connectivity index (χ3n) is 5.66. The number of alkyl halides is 4. The van der Waals surface area contributed by atoms with Gasteiger partial charge in [0.2, 0.25) is 0 Å². The van der Waals surface area contributed by atoms with Crippen LogP contribution in [0.4, 0.5) is 0 Å². The quantitative estimate of drug-likeness (QED) is 0.328. The molecule has 0 spiro atoms. The van der Waals surface area contributed by atoms with Crippen LogP contribution in [0.5, 0.6) is 0 Å². The lowest BCUT2D eigenvalue weighted by molar-refractivity contribution is 0.221. The zero-order valence-corrected chi connectivity index (χ0v) is 15.0. The maximum Gasteiger partial charge on any atom is 0.0935 e. The first-order chi connectivity index (χ1) is 7.39. The number of hydrogen-bond acceptors (Lipinski definition) is 0. The average molecular weight is 476 g/mol. The van der Waals surface area contributed by atoms with Crippen LogP contribution in [-0.2, 0) is 0 Å². The largest absolute Gasteiger partial charge is 0.0935 e. The van der Waals surface area contributed by atoms with Gasteiger partial charge in [-0.2, -0.15) is 0 Å². The fourth-order valence-corrected chi connectivity index (χ4v) is 8.81. The Bertz CT molecular complexity index is 379. The molecule has 0 unspecified atom stereocenters. The summed E-state index contributed by atoms with van der Waals surface area (Å²) in [5.74, 6) is 1.65. The smallest absolute Gasteiger partial charge is 0.0879 e. The summed E-state index contributed by atoms with van der Waals surface area (Å²) in [6.45, 7) is 0. The predicted molar refractivity (Wildman–Crippen MR) is 80.6 cm³/mol. The Kier molecular flexibility index (Phi) is 2.07. The lowest BCUT2D eigenvalue weighted by Crippen LogP contribution is -2.22. The number of hydrogen-bond donors (Lipinski definition) is 0. The van der Waals surface area contributed by atoms with Crippen LogP contribution in [0.25, 0.3) is 0 Å². The molecule has 4 aliphatic rings. The van der Waals surface area contributed by atoms with E-state index in [2.05, 4.69) is 75.9 Å². The number of halogens is 4. The minimum Gasteiger partial charge on any atom is -0.0879 e. The summed E-state index contributed by atoms with van der Waals surface area (Å²) in [5.41, 5.74) is 0.943. The van der Waals surface area contributed by atoms with Gasteiger partial charge in [0, 0.05) is 10.8 Å². The first-order valence-electron chi connectivity index (χ1n) is 5.80. The summed E-state index contributed by atoms with van der Waals surface area (Å²) in [5, 5.41) is 0. The van der Waals surface area contributed by atoms with Gasteiger partial charge in [-0.25, -0.2) is 0 Å². The van der Waals surface area contributed by atoms with Crippen molar-refractivity contribution in [2.24, 2.45) is 22.7 Å². The Labute approximate surface area is 130 Å². The van der Waals surface area contributed by atoms with Crippen LogP contribution < -0.4 is 0 Å². The highest BCUT2D eigenvalue weighted by molar-refractivity contribution is 9.26. The van der Waals surface area contributed by atoms with Gasteiger partial charge in [0.15, 0.2) is 0 Å². The predicted octanol–water partition coefficient (Wildman–Crippen LogP) is 5.33. The normalized spacial score (nSPS) is 58.2. The molecule has 4 rings (SSSR count). The minimum atomic E-state index is 0.201. The van der Waals surface area contributed by atoms with Crippen LogP contribution in [0.1, 0.15) is 25.7 Å². The van der Waals surface area contributed by atoms with E-state index in [9.17, 15) is 0 Å². The Hall–Kier alpha value is 1.66. The Morgan fingerprint density at radius 1 is 0.812 bits per heavy atom. The van der Waals surface area contributed by atoms with Crippen LogP contribution >= 0.6 is 63.7 Å². The topological polar surface area (TPSA) is 0 Å². The molecule has 0 aromatic rings. The van der Waals surface area contributed by atoms with E-state index in [0.717, 1.165) is 11.8 Å². The molecule has 4 heteroatoms. The fourth-order valence-electron chi connectivity index (χ4n) is 4.54. The van der Waals surface area contributed by atoms with E-state index in [4.69, 9.17) is 0 Å². The van der Waals surface area contributed by atoms with Crippen molar-refractivity contribution < 1.29 is 0 Å². The van der Waals surface area contributed by atoms with Crippen LogP contribution in [0.3, 0.4) is 0 Å². The zero-order valence-electron chi connectivity index (χ0n) is 8.65. The van der Waals surface area contributed by atoms with Gasteiger partial charge < -0.3 is 0 Å². The van der Waals surface area contributed by atoms with E-state index in [1.165, 1.54) is 25.7 Å². The molecule has 4 aliphatic carbocycles. The van der Waals surface area contributed by atoms with Crippen molar-refractivity contribution in [3.8, 4) is 0 Å². The molecule has 0 aromatic carbocycles. The van der Waals surface area contributed by atoms with Crippen LogP contribution in [0.15, 0.2) is 12.2 Å². The molecule has 0 radical (unpaired) electrons. The van der Waals surface area contributed by atoms with Gasteiger partial charge in [0.1, 0.15) is 0 Å². The van der Waals surface area contributed by atoms with Crippen LogP contribution in [0, 0.1) is 22.7 Å². The van der Waals surface area contributed by atoms with Gasteiger partial charge in [0.25, 0.3) is 0 Å². The first-order valence-corrected chi connectivity index (χ1v) is 8.97. The van der Waals surface area contributed by atoms with Gasteiger partial charge in [-0.05, 0) is 37.5 Å². The van der Waals surface area contributed by atoms with Crippen molar-refractivity contribution >= 4 is 63.7 Å². The van der Waals surface area contributed by atoms with E-state index < -0.39 is 0 Å². The molecule has 4 atom stereocenters. The summed E-state index contributed by atoms with van der Waals surface area (Å²) in [6, 6.07) is 0. The molecule has 0 amide bonds. The van der Waals surface area contributed by atoms with E-state index in [-0.39, 0.29) is 6.47 Å². The van der Waals surface area contributed by atoms with Gasteiger partial charge in [-0.15, -0.1) is 0 Å². The third-order valence-corrected chi connectivity index (χ3v) is 11.0. The second-order valence-electron chi connectivity index (χ2n) is 5.91. The van der Waals surface area contributed by atoms with Gasteiger partial charge in [0.05, 0.1) is 6.47 Å². The summed E-state index contributed by atoms with van der Waals surface area (Å²) in [7, 11) is 0. The molecular formula is C12H12Br4. The zero-order chi connectivity index (χ0) is 11.4. The second-order valence-corrected chi connectivity index (χ2v) is 13.0. The number of allylic oxidation sites excluding steroid dienone is 2. The molecule has 0 nitrogen and oxygen atoms in total. The molecule has 88 valence electrons. The highest BCUT2D eigenvalue weighted by atomic mass is 79.9. The van der Waals surface area contributed by atoms with E-state index in [1.54, 1.807) is 0 Å². The molecule has 3 fully saturated rings. The van der Waals surface area contributed by atoms with Crippen molar-refractivity contribution in [3.63, 3.8) is 0 Å². The van der Waals surface area contributed by atoms with Crippen molar-refractivity contribution in [3.05, 3.63) is 12.2 Å². The SMILES string of the molecule is BrC1(Br)[C@@H]2C[C@]34CC=CC[C@]3(C[C@H]21)C4(Br)Br. The van der Waals surface area contributed by atoms with Crippen molar-refractivity contribution in [1.82, 2.24) is 0 Å². The molecule has 0 N–H and O–H groups in total. The lowest BCUT2D eigenvalue weighted by Gasteiger charge is -2.29. The van der Waals surface area contributed by atoms with Crippen LogP contribution in [0.2, 0.25) is 0 Å². The van der Waals surface area contributed by atoms with E-state index in [1.807, 2.05) is 0 Å². The maximum absolute atomic E-state index is 3.99. The molecule has 0 bridgehead atoms. The third kappa shape index (κ3) is 0.946. The Balaban J connectivity index is 1.78. The Morgan fingerprint density at radius 2 is 1.25 bits per heavy atom. The monoisotopic (exact) mass is 472 g/mol. The van der Waals surface area contributed by atoms with E-state index in [0.29, 0.717) is 10.8 Å². The molecule has 16 heavy (non-hydrogen) atoms. The number of rotatable bonds is 0. The van der Waals surface area contributed by atoms with Gasteiger partial charge >= 0.3 is 0 Å². The summed E-state index contributed by atoms with van der Waals surface area (Å²) < 4.78 is 0.459. The number of fused-ring (bicyclic) bond motifs is 1. The summed E-state index contributed by atoms with van der Waals surface area (Å²) in [6.07, 6.45) is 9.93. The highest BCUT2D eigenvalue weighted by Crippen LogP contribution is 2.93. The van der Waals surface area contributed by atoms with E-state index >= 15 is 0 Å². The van der Waals surface area contributed by atoms with Crippen molar-refractivity contribution in [2.75, 3.05) is 0 Å². The Morgan fingerprint density at radius 3 is 1.69 bits per heavy atom. The fraction of sp³-hybridized carbons (Fsp3) is 0.833. The molecule has 0 aliphatic heterocycles. The molecule has 3 saturated carbocycles. The lowest BCUT2D eigenvalue weighted by atomic mass is 9.73. The average Bonchev–Trinajstić information content (AvgIpc) is 2.93. The van der Waals surface area contributed by atoms with Gasteiger partial charge in [-0.1, -0.05) is 75.9 Å². The standard InChI is InChI=1S/C12H12Br4/c13-11(14)7-5-9-3-1-2-4-10(9,6-8(7)11)12(9,15)16/h1-2,7-8H,3-6H2/t7-,8-,9-,10-/m1/s1. The minimum absolute atomic E-state index is 0.201. The highest BCUT2D eigenvalue weighted by Gasteiger charge is 2.90. The molecular weight excluding hydrogens is 464 g/mol. The van der Waals surface area contributed by atoms with Crippen LogP contribution in [-0.4, -0.2) is 6.47 Å². The summed E-state index contributed by atoms with van der Waals surface area (Å²) in [4.78, 5) is 0. The molecule has 0 heterocycles. The molecule has 0 saturated heterocycles. The van der Waals surface area contributed by atoms with Crippen molar-refractivity contribution in [1.29, 1.82) is 0 Å². The first kappa shape index (κ1) is 11.5. The summed E-state index contributed by atoms with van der Waals surface area (Å²) >= 11 is 15.7.